The monoisotopic (exact) mass is 224 g/mol. The lowest BCUT2D eigenvalue weighted by atomic mass is 10.2. The molecule has 16 heavy (non-hydrogen) atoms. The molecule has 0 spiro atoms. The second-order valence-corrected chi connectivity index (χ2v) is 4.07. The van der Waals surface area contributed by atoms with Crippen LogP contribution in [0, 0.1) is 5.82 Å². The Labute approximate surface area is 95.2 Å². The first-order chi connectivity index (χ1) is 7.72. The Kier molecular flexibility index (Phi) is 3.29. The van der Waals surface area contributed by atoms with Gasteiger partial charge >= 0.3 is 0 Å². The van der Waals surface area contributed by atoms with Crippen LogP contribution in [0.25, 0.3) is 0 Å². The molecule has 0 radical (unpaired) electrons. The Morgan fingerprint density at radius 3 is 2.94 bits per heavy atom. The van der Waals surface area contributed by atoms with E-state index in [0.29, 0.717) is 6.04 Å². The second kappa shape index (κ2) is 4.70. The predicted octanol–water partition coefficient (Wildman–Crippen LogP) is 1.63. The molecule has 0 amide bonds. The lowest BCUT2D eigenvalue weighted by Crippen LogP contribution is -2.33. The van der Waals surface area contributed by atoms with Crippen molar-refractivity contribution in [1.82, 2.24) is 5.32 Å². The number of hydrogen-bond acceptors (Lipinski definition) is 3. The summed E-state index contributed by atoms with van der Waals surface area (Å²) in [6.07, 6.45) is 1.08. The molecule has 0 aliphatic carbocycles. The van der Waals surface area contributed by atoms with Gasteiger partial charge in [0.15, 0.2) is 0 Å². The van der Waals surface area contributed by atoms with Gasteiger partial charge in [-0.3, -0.25) is 0 Å². The van der Waals surface area contributed by atoms with Crippen LogP contribution in [0.5, 0.6) is 5.75 Å². The fraction of sp³-hybridized carbons (Fsp3) is 0.500. The molecule has 1 heterocycles. The minimum Gasteiger partial charge on any atom is -0.495 e. The highest BCUT2D eigenvalue weighted by Crippen LogP contribution is 2.30. The number of nitrogens with one attached hydrogen (secondary N) is 1. The summed E-state index contributed by atoms with van der Waals surface area (Å²) in [6.45, 7) is 1.96. The average Bonchev–Trinajstić information content (AvgIpc) is 2.81. The van der Waals surface area contributed by atoms with E-state index in [1.807, 2.05) is 7.05 Å². The quantitative estimate of drug-likeness (QED) is 0.844. The van der Waals surface area contributed by atoms with E-state index in [0.717, 1.165) is 30.9 Å². The van der Waals surface area contributed by atoms with Crippen LogP contribution >= 0.6 is 0 Å². The van der Waals surface area contributed by atoms with Gasteiger partial charge in [0.05, 0.1) is 12.8 Å². The maximum absolute atomic E-state index is 13.2. The molecule has 0 saturated carbocycles. The number of anilines is 1. The molecule has 1 saturated heterocycles. The zero-order valence-electron chi connectivity index (χ0n) is 9.66. The van der Waals surface area contributed by atoms with Gasteiger partial charge < -0.3 is 15.0 Å². The first-order valence-corrected chi connectivity index (χ1v) is 5.49. The van der Waals surface area contributed by atoms with Gasteiger partial charge in [0.2, 0.25) is 0 Å². The molecule has 0 aromatic heterocycles. The van der Waals surface area contributed by atoms with Crippen LogP contribution in [0.3, 0.4) is 0 Å². The van der Waals surface area contributed by atoms with Crippen LogP contribution in [-0.2, 0) is 0 Å². The number of rotatable bonds is 3. The van der Waals surface area contributed by atoms with Gasteiger partial charge in [0, 0.05) is 25.7 Å². The van der Waals surface area contributed by atoms with Crippen LogP contribution in [0.2, 0.25) is 0 Å². The Balaban J connectivity index is 2.26. The summed E-state index contributed by atoms with van der Waals surface area (Å²) in [5, 5.41) is 3.30. The number of halogens is 1. The summed E-state index contributed by atoms with van der Waals surface area (Å²) in [4.78, 5) is 2.09. The Morgan fingerprint density at radius 2 is 2.31 bits per heavy atom. The van der Waals surface area contributed by atoms with Crippen LogP contribution in [0.1, 0.15) is 6.42 Å². The van der Waals surface area contributed by atoms with E-state index in [9.17, 15) is 4.39 Å². The molecule has 1 aliphatic heterocycles. The molecule has 1 fully saturated rings. The third kappa shape index (κ3) is 2.11. The predicted molar refractivity (Wildman–Crippen MR) is 62.6 cm³/mol. The summed E-state index contributed by atoms with van der Waals surface area (Å²) in [5.41, 5.74) is 0.816. The van der Waals surface area contributed by atoms with E-state index >= 15 is 0 Å². The maximum Gasteiger partial charge on any atom is 0.142 e. The molecule has 1 aromatic rings. The van der Waals surface area contributed by atoms with Gasteiger partial charge in [-0.2, -0.15) is 0 Å². The highest BCUT2D eigenvalue weighted by molar-refractivity contribution is 5.59. The van der Waals surface area contributed by atoms with E-state index in [-0.39, 0.29) is 5.82 Å². The number of ether oxygens (including phenoxy) is 1. The maximum atomic E-state index is 13.2. The summed E-state index contributed by atoms with van der Waals surface area (Å²) < 4.78 is 18.5. The molecule has 4 heteroatoms. The van der Waals surface area contributed by atoms with Gasteiger partial charge in [-0.05, 0) is 25.1 Å². The summed E-state index contributed by atoms with van der Waals surface area (Å²) >= 11 is 0. The average molecular weight is 224 g/mol. The highest BCUT2D eigenvalue weighted by atomic mass is 19.1. The van der Waals surface area contributed by atoms with E-state index in [1.54, 1.807) is 13.2 Å². The van der Waals surface area contributed by atoms with Crippen molar-refractivity contribution in [3.63, 3.8) is 0 Å². The molecular weight excluding hydrogens is 207 g/mol. The van der Waals surface area contributed by atoms with Crippen LogP contribution < -0.4 is 15.0 Å². The van der Waals surface area contributed by atoms with Crippen molar-refractivity contribution in [1.29, 1.82) is 0 Å². The van der Waals surface area contributed by atoms with Crippen molar-refractivity contribution < 1.29 is 9.13 Å². The van der Waals surface area contributed by atoms with Crippen LogP contribution in [-0.4, -0.2) is 33.3 Å². The lowest BCUT2D eigenvalue weighted by molar-refractivity contribution is 0.412. The Morgan fingerprint density at radius 1 is 1.50 bits per heavy atom. The first-order valence-electron chi connectivity index (χ1n) is 5.49. The minimum atomic E-state index is -0.228. The number of hydrogen-bond donors (Lipinski definition) is 1. The molecule has 2 rings (SSSR count). The van der Waals surface area contributed by atoms with Crippen molar-refractivity contribution in [2.45, 2.75) is 12.5 Å². The first kappa shape index (κ1) is 11.2. The molecule has 0 bridgehead atoms. The van der Waals surface area contributed by atoms with E-state index in [1.165, 1.54) is 12.1 Å². The Bertz CT molecular complexity index is 364. The summed E-state index contributed by atoms with van der Waals surface area (Å²) in [7, 11) is 3.59. The van der Waals surface area contributed by atoms with Gasteiger partial charge in [-0.15, -0.1) is 0 Å². The largest absolute Gasteiger partial charge is 0.495 e. The van der Waals surface area contributed by atoms with Gasteiger partial charge in [0.1, 0.15) is 11.6 Å². The minimum absolute atomic E-state index is 0.228. The Hall–Kier alpha value is -1.29. The zero-order valence-corrected chi connectivity index (χ0v) is 9.66. The third-order valence-electron chi connectivity index (χ3n) is 3.10. The highest BCUT2D eigenvalue weighted by Gasteiger charge is 2.21. The van der Waals surface area contributed by atoms with Crippen LogP contribution in [0.15, 0.2) is 18.2 Å². The SMILES string of the molecule is COc1ccc(F)cc1N(C)C1CCNC1. The fourth-order valence-electron chi connectivity index (χ4n) is 2.11. The van der Waals surface area contributed by atoms with Crippen molar-refractivity contribution in [2.24, 2.45) is 0 Å². The number of likely N-dealkylation sites (N-methyl/N-ethyl adjacent to an activating group) is 1. The third-order valence-corrected chi connectivity index (χ3v) is 3.10. The van der Waals surface area contributed by atoms with E-state index < -0.39 is 0 Å². The summed E-state index contributed by atoms with van der Waals surface area (Å²) in [5.74, 6) is 0.490. The van der Waals surface area contributed by atoms with Crippen molar-refractivity contribution in [3.05, 3.63) is 24.0 Å². The standard InChI is InChI=1S/C12H17FN2O/c1-15(10-5-6-14-8-10)11-7-9(13)3-4-12(11)16-2/h3-4,7,10,14H,5-6,8H2,1-2H3. The molecule has 1 atom stereocenters. The summed E-state index contributed by atoms with van der Waals surface area (Å²) in [6, 6.07) is 5.03. The van der Waals surface area contributed by atoms with E-state index in [4.69, 9.17) is 4.74 Å². The van der Waals surface area contributed by atoms with E-state index in [2.05, 4.69) is 10.2 Å². The molecule has 3 nitrogen and oxygen atoms in total. The zero-order chi connectivity index (χ0) is 11.5. The molecule has 1 unspecified atom stereocenters. The molecule has 1 N–H and O–H groups in total. The number of nitrogens with zero attached hydrogens (tertiary/aromatic N) is 1. The van der Waals surface area contributed by atoms with Gasteiger partial charge in [-0.25, -0.2) is 4.39 Å². The van der Waals surface area contributed by atoms with Gasteiger partial charge in [0.25, 0.3) is 0 Å². The number of benzene rings is 1. The van der Waals surface area contributed by atoms with Gasteiger partial charge in [-0.1, -0.05) is 0 Å². The van der Waals surface area contributed by atoms with Crippen molar-refractivity contribution in [3.8, 4) is 5.75 Å². The molecule has 1 aliphatic rings. The fourth-order valence-corrected chi connectivity index (χ4v) is 2.11. The molecular formula is C12H17FN2O. The lowest BCUT2D eigenvalue weighted by Gasteiger charge is -2.27. The molecule has 1 aromatic carbocycles. The van der Waals surface area contributed by atoms with Crippen molar-refractivity contribution >= 4 is 5.69 Å². The number of methoxy groups -OCH3 is 1. The molecule has 88 valence electrons. The van der Waals surface area contributed by atoms with Crippen LogP contribution in [0.4, 0.5) is 10.1 Å². The smallest absolute Gasteiger partial charge is 0.142 e. The topological polar surface area (TPSA) is 24.5 Å². The second-order valence-electron chi connectivity index (χ2n) is 4.07. The van der Waals surface area contributed by atoms with Crippen molar-refractivity contribution in [2.75, 3.05) is 32.1 Å². The normalized spacial score (nSPS) is 19.8.